The fraction of sp³-hybridized carbons (Fsp3) is 0. The fourth-order valence-electron chi connectivity index (χ4n) is 1.51. The van der Waals surface area contributed by atoms with Crippen molar-refractivity contribution in [2.45, 2.75) is 4.90 Å². The summed E-state index contributed by atoms with van der Waals surface area (Å²) in [5, 5.41) is 8.77. The third kappa shape index (κ3) is 3.31. The number of nitrogens with zero attached hydrogens (tertiary/aromatic N) is 1. The number of aromatic carboxylic acids is 1. The molecule has 0 amide bonds. The Morgan fingerprint density at radius 3 is 2.52 bits per heavy atom. The van der Waals surface area contributed by atoms with E-state index in [2.05, 4.69) is 4.98 Å². The van der Waals surface area contributed by atoms with Crippen LogP contribution in [0.1, 0.15) is 10.4 Å². The van der Waals surface area contributed by atoms with Gasteiger partial charge in [-0.05, 0) is 24.3 Å². The van der Waals surface area contributed by atoms with E-state index in [0.717, 1.165) is 36.7 Å². The molecule has 0 bridgehead atoms. The number of carbonyl (C=O) groups is 1. The predicted molar refractivity (Wildman–Crippen MR) is 68.4 cm³/mol. The van der Waals surface area contributed by atoms with Crippen molar-refractivity contribution < 1.29 is 27.1 Å². The lowest BCUT2D eigenvalue weighted by Gasteiger charge is -2.08. The summed E-state index contributed by atoms with van der Waals surface area (Å²) in [5.41, 5.74) is -0.856. The Kier molecular flexibility index (Phi) is 3.85. The second kappa shape index (κ2) is 5.44. The Morgan fingerprint density at radius 2 is 1.90 bits per heavy atom. The lowest BCUT2D eigenvalue weighted by atomic mass is 10.2. The number of halogens is 2. The molecule has 1 aromatic heterocycles. The SMILES string of the molecule is O=C(O)c1cc(NS(=O)(=O)c2cncc(F)c2)ccc1F. The first kappa shape index (κ1) is 14.9. The summed E-state index contributed by atoms with van der Waals surface area (Å²) in [5.74, 6) is -3.39. The quantitative estimate of drug-likeness (QED) is 0.898. The summed E-state index contributed by atoms with van der Waals surface area (Å²) in [6, 6.07) is 3.43. The number of sulfonamides is 1. The van der Waals surface area contributed by atoms with Crippen LogP contribution in [-0.2, 0) is 10.0 Å². The molecule has 21 heavy (non-hydrogen) atoms. The van der Waals surface area contributed by atoms with E-state index < -0.39 is 38.1 Å². The van der Waals surface area contributed by atoms with Crippen LogP contribution in [0.2, 0.25) is 0 Å². The van der Waals surface area contributed by atoms with Crippen LogP contribution in [0.25, 0.3) is 0 Å². The number of carboxylic acids is 1. The molecule has 2 N–H and O–H groups in total. The largest absolute Gasteiger partial charge is 0.478 e. The van der Waals surface area contributed by atoms with Gasteiger partial charge in [0.2, 0.25) is 0 Å². The lowest BCUT2D eigenvalue weighted by Crippen LogP contribution is -2.14. The molecule has 1 aromatic carbocycles. The number of rotatable bonds is 4. The monoisotopic (exact) mass is 314 g/mol. The summed E-state index contributed by atoms with van der Waals surface area (Å²) in [4.78, 5) is 13.7. The highest BCUT2D eigenvalue weighted by molar-refractivity contribution is 7.92. The van der Waals surface area contributed by atoms with Crippen LogP contribution in [0.5, 0.6) is 0 Å². The molecule has 0 saturated carbocycles. The molecule has 2 aromatic rings. The second-order valence-corrected chi connectivity index (χ2v) is 5.63. The van der Waals surface area contributed by atoms with Gasteiger partial charge in [-0.1, -0.05) is 0 Å². The molecule has 2 rings (SSSR count). The molecule has 0 spiro atoms. The molecule has 0 aliphatic carbocycles. The van der Waals surface area contributed by atoms with Crippen molar-refractivity contribution in [1.29, 1.82) is 0 Å². The number of carboxylic acid groups (broad SMARTS) is 1. The molecule has 0 saturated heterocycles. The van der Waals surface area contributed by atoms with Crippen LogP contribution in [0.3, 0.4) is 0 Å². The fourth-order valence-corrected chi connectivity index (χ4v) is 2.53. The van der Waals surface area contributed by atoms with E-state index in [0.29, 0.717) is 0 Å². The van der Waals surface area contributed by atoms with E-state index in [1.54, 1.807) is 0 Å². The number of hydrogen-bond donors (Lipinski definition) is 2. The van der Waals surface area contributed by atoms with Gasteiger partial charge in [-0.25, -0.2) is 22.0 Å². The molecule has 110 valence electrons. The van der Waals surface area contributed by atoms with Gasteiger partial charge in [-0.3, -0.25) is 9.71 Å². The molecule has 0 unspecified atom stereocenters. The smallest absolute Gasteiger partial charge is 0.338 e. The molecule has 0 fully saturated rings. The van der Waals surface area contributed by atoms with E-state index in [1.807, 2.05) is 4.72 Å². The number of pyridine rings is 1. The average Bonchev–Trinajstić information content (AvgIpc) is 2.40. The van der Waals surface area contributed by atoms with Gasteiger partial charge in [0.25, 0.3) is 10.0 Å². The van der Waals surface area contributed by atoms with E-state index in [-0.39, 0.29) is 5.69 Å². The first-order chi connectivity index (χ1) is 9.79. The molecule has 0 aliphatic rings. The van der Waals surface area contributed by atoms with Crippen molar-refractivity contribution in [2.75, 3.05) is 4.72 Å². The van der Waals surface area contributed by atoms with Gasteiger partial charge in [0.15, 0.2) is 0 Å². The minimum atomic E-state index is -4.16. The molecule has 0 atom stereocenters. The van der Waals surface area contributed by atoms with Crippen molar-refractivity contribution in [3.05, 3.63) is 53.9 Å². The number of hydrogen-bond acceptors (Lipinski definition) is 4. The maximum absolute atomic E-state index is 13.2. The maximum Gasteiger partial charge on any atom is 0.338 e. The summed E-state index contributed by atoms with van der Waals surface area (Å²) >= 11 is 0. The van der Waals surface area contributed by atoms with Gasteiger partial charge in [0.05, 0.1) is 11.8 Å². The zero-order valence-corrected chi connectivity index (χ0v) is 11.1. The summed E-state index contributed by atoms with van der Waals surface area (Å²) in [7, 11) is -4.16. The predicted octanol–water partition coefficient (Wildman–Crippen LogP) is 1.86. The summed E-state index contributed by atoms with van der Waals surface area (Å²) < 4.78 is 52.1. The highest BCUT2D eigenvalue weighted by Gasteiger charge is 2.17. The maximum atomic E-state index is 13.2. The Morgan fingerprint density at radius 1 is 1.19 bits per heavy atom. The van der Waals surface area contributed by atoms with Crippen LogP contribution < -0.4 is 4.72 Å². The van der Waals surface area contributed by atoms with E-state index in [9.17, 15) is 22.0 Å². The van der Waals surface area contributed by atoms with Crippen LogP contribution in [0.15, 0.2) is 41.6 Å². The van der Waals surface area contributed by atoms with Gasteiger partial charge < -0.3 is 5.11 Å². The highest BCUT2D eigenvalue weighted by Crippen LogP contribution is 2.19. The number of aromatic nitrogens is 1. The summed E-state index contributed by atoms with van der Waals surface area (Å²) in [6.07, 6.45) is 1.76. The van der Waals surface area contributed by atoms with Crippen molar-refractivity contribution in [3.63, 3.8) is 0 Å². The molecular formula is C12H8F2N2O4S. The molecule has 9 heteroatoms. The van der Waals surface area contributed by atoms with Crippen LogP contribution >= 0.6 is 0 Å². The normalized spacial score (nSPS) is 11.1. The van der Waals surface area contributed by atoms with Gasteiger partial charge in [0, 0.05) is 11.9 Å². The molecular weight excluding hydrogens is 306 g/mol. The van der Waals surface area contributed by atoms with Crippen molar-refractivity contribution in [1.82, 2.24) is 4.98 Å². The standard InChI is InChI=1S/C12H8F2N2O4S/c13-7-3-9(6-15-5-7)21(19,20)16-8-1-2-11(14)10(4-8)12(17)18/h1-6,16H,(H,17,18). The van der Waals surface area contributed by atoms with Crippen LogP contribution in [-0.4, -0.2) is 24.5 Å². The van der Waals surface area contributed by atoms with E-state index >= 15 is 0 Å². The lowest BCUT2D eigenvalue weighted by molar-refractivity contribution is 0.0692. The second-order valence-electron chi connectivity index (χ2n) is 3.94. The van der Waals surface area contributed by atoms with E-state index in [4.69, 9.17) is 5.11 Å². The molecule has 6 nitrogen and oxygen atoms in total. The Hall–Kier alpha value is -2.55. The van der Waals surface area contributed by atoms with E-state index in [1.165, 1.54) is 0 Å². The Labute approximate surface area is 118 Å². The third-order valence-electron chi connectivity index (χ3n) is 2.44. The van der Waals surface area contributed by atoms with Crippen molar-refractivity contribution in [2.24, 2.45) is 0 Å². The minimum Gasteiger partial charge on any atom is -0.478 e. The van der Waals surface area contributed by atoms with Gasteiger partial charge >= 0.3 is 5.97 Å². The zero-order chi connectivity index (χ0) is 15.6. The van der Waals surface area contributed by atoms with Gasteiger partial charge in [-0.15, -0.1) is 0 Å². The van der Waals surface area contributed by atoms with Crippen LogP contribution in [0, 0.1) is 11.6 Å². The third-order valence-corrected chi connectivity index (χ3v) is 3.79. The minimum absolute atomic E-state index is 0.168. The molecule has 0 radical (unpaired) electrons. The highest BCUT2D eigenvalue weighted by atomic mass is 32.2. The topological polar surface area (TPSA) is 96.4 Å². The number of benzene rings is 1. The summed E-state index contributed by atoms with van der Waals surface area (Å²) in [6.45, 7) is 0. The average molecular weight is 314 g/mol. The van der Waals surface area contributed by atoms with Gasteiger partial charge in [0.1, 0.15) is 16.5 Å². The first-order valence-corrected chi connectivity index (χ1v) is 6.94. The first-order valence-electron chi connectivity index (χ1n) is 5.46. The van der Waals surface area contributed by atoms with Crippen LogP contribution in [0.4, 0.5) is 14.5 Å². The number of nitrogens with one attached hydrogen (secondary N) is 1. The Balaban J connectivity index is 2.37. The zero-order valence-electron chi connectivity index (χ0n) is 10.2. The van der Waals surface area contributed by atoms with Crippen molar-refractivity contribution >= 4 is 21.7 Å². The van der Waals surface area contributed by atoms with Gasteiger partial charge in [-0.2, -0.15) is 0 Å². The molecule has 1 heterocycles. The molecule has 0 aliphatic heterocycles. The number of anilines is 1. The Bertz CT molecular complexity index is 809. The van der Waals surface area contributed by atoms with Crippen molar-refractivity contribution in [3.8, 4) is 0 Å².